The molecule has 0 saturated heterocycles. The first kappa shape index (κ1) is 9.74. The SMILES string of the molecule is CNc1cccc(C=O)c1C(C)O. The fourth-order valence-electron chi connectivity index (χ4n) is 1.37. The number of nitrogens with one attached hydrogen (secondary N) is 1. The molecule has 0 aliphatic rings. The molecule has 1 aromatic carbocycles. The van der Waals surface area contributed by atoms with Gasteiger partial charge in [-0.2, -0.15) is 0 Å². The lowest BCUT2D eigenvalue weighted by atomic mass is 10.0. The van der Waals surface area contributed by atoms with Crippen LogP contribution in [0.1, 0.15) is 28.9 Å². The van der Waals surface area contributed by atoms with Crippen molar-refractivity contribution in [1.29, 1.82) is 0 Å². The van der Waals surface area contributed by atoms with Crippen LogP contribution in [0.2, 0.25) is 0 Å². The van der Waals surface area contributed by atoms with Crippen LogP contribution in [0.4, 0.5) is 5.69 Å². The minimum atomic E-state index is -0.635. The number of carbonyl (C=O) groups excluding carboxylic acids is 1. The van der Waals surface area contributed by atoms with Crippen LogP contribution in [-0.2, 0) is 0 Å². The fourth-order valence-corrected chi connectivity index (χ4v) is 1.37. The summed E-state index contributed by atoms with van der Waals surface area (Å²) >= 11 is 0. The van der Waals surface area contributed by atoms with Gasteiger partial charge in [0.05, 0.1) is 6.10 Å². The van der Waals surface area contributed by atoms with Gasteiger partial charge in [-0.05, 0) is 13.0 Å². The Balaban J connectivity index is 3.29. The second-order valence-electron chi connectivity index (χ2n) is 2.85. The predicted octanol–water partition coefficient (Wildman–Crippen LogP) is 1.59. The smallest absolute Gasteiger partial charge is 0.150 e. The van der Waals surface area contributed by atoms with Crippen molar-refractivity contribution in [1.82, 2.24) is 0 Å². The molecule has 2 N–H and O–H groups in total. The quantitative estimate of drug-likeness (QED) is 0.693. The number of hydrogen-bond acceptors (Lipinski definition) is 3. The molecule has 0 aromatic heterocycles. The van der Waals surface area contributed by atoms with E-state index >= 15 is 0 Å². The zero-order valence-electron chi connectivity index (χ0n) is 7.74. The van der Waals surface area contributed by atoms with Crippen molar-refractivity contribution in [3.8, 4) is 0 Å². The van der Waals surface area contributed by atoms with Crippen LogP contribution in [0.15, 0.2) is 18.2 Å². The Hall–Kier alpha value is -1.35. The normalized spacial score (nSPS) is 12.2. The van der Waals surface area contributed by atoms with E-state index in [1.807, 2.05) is 6.07 Å². The van der Waals surface area contributed by atoms with Crippen molar-refractivity contribution < 1.29 is 9.90 Å². The molecule has 0 saturated carbocycles. The van der Waals surface area contributed by atoms with Crippen molar-refractivity contribution in [2.75, 3.05) is 12.4 Å². The highest BCUT2D eigenvalue weighted by Crippen LogP contribution is 2.25. The molecule has 0 radical (unpaired) electrons. The molecule has 13 heavy (non-hydrogen) atoms. The molecule has 1 aromatic rings. The van der Waals surface area contributed by atoms with Gasteiger partial charge in [-0.3, -0.25) is 4.79 Å². The van der Waals surface area contributed by atoms with Crippen LogP contribution in [0.5, 0.6) is 0 Å². The van der Waals surface area contributed by atoms with Gasteiger partial charge in [0, 0.05) is 23.9 Å². The molecule has 3 heteroatoms. The van der Waals surface area contributed by atoms with E-state index in [-0.39, 0.29) is 0 Å². The van der Waals surface area contributed by atoms with E-state index in [1.54, 1.807) is 26.1 Å². The predicted molar refractivity (Wildman–Crippen MR) is 52.0 cm³/mol. The van der Waals surface area contributed by atoms with E-state index in [1.165, 1.54) is 0 Å². The summed E-state index contributed by atoms with van der Waals surface area (Å²) < 4.78 is 0. The number of anilines is 1. The second-order valence-corrected chi connectivity index (χ2v) is 2.85. The third-order valence-corrected chi connectivity index (χ3v) is 1.95. The number of aliphatic hydroxyl groups excluding tert-OH is 1. The number of hydrogen-bond donors (Lipinski definition) is 2. The summed E-state index contributed by atoms with van der Waals surface area (Å²) in [7, 11) is 1.76. The average Bonchev–Trinajstić information content (AvgIpc) is 2.16. The van der Waals surface area contributed by atoms with E-state index in [0.29, 0.717) is 11.1 Å². The van der Waals surface area contributed by atoms with Crippen molar-refractivity contribution in [3.63, 3.8) is 0 Å². The average molecular weight is 179 g/mol. The van der Waals surface area contributed by atoms with Crippen molar-refractivity contribution in [2.24, 2.45) is 0 Å². The molecular formula is C10H13NO2. The number of carbonyl (C=O) groups is 1. The van der Waals surface area contributed by atoms with E-state index in [4.69, 9.17) is 0 Å². The first-order valence-electron chi connectivity index (χ1n) is 4.14. The standard InChI is InChI=1S/C10H13NO2/c1-7(13)10-8(6-12)4-3-5-9(10)11-2/h3-7,11,13H,1-2H3. The monoisotopic (exact) mass is 179 g/mol. The van der Waals surface area contributed by atoms with Crippen LogP contribution in [0, 0.1) is 0 Å². The van der Waals surface area contributed by atoms with E-state index in [2.05, 4.69) is 5.32 Å². The number of benzene rings is 1. The van der Waals surface area contributed by atoms with Gasteiger partial charge in [-0.1, -0.05) is 12.1 Å². The molecule has 1 rings (SSSR count). The summed E-state index contributed by atoms with van der Waals surface area (Å²) in [6.45, 7) is 1.64. The minimum absolute atomic E-state index is 0.529. The lowest BCUT2D eigenvalue weighted by Gasteiger charge is -2.13. The summed E-state index contributed by atoms with van der Waals surface area (Å²) in [5.74, 6) is 0. The van der Waals surface area contributed by atoms with Gasteiger partial charge in [-0.25, -0.2) is 0 Å². The van der Waals surface area contributed by atoms with Crippen LogP contribution in [0.25, 0.3) is 0 Å². The maximum atomic E-state index is 10.7. The summed E-state index contributed by atoms with van der Waals surface area (Å²) in [5, 5.41) is 12.4. The zero-order valence-corrected chi connectivity index (χ0v) is 7.74. The summed E-state index contributed by atoms with van der Waals surface area (Å²) in [5.41, 5.74) is 1.97. The molecular weight excluding hydrogens is 166 g/mol. The third kappa shape index (κ3) is 1.87. The molecule has 1 atom stereocenters. The second kappa shape index (κ2) is 4.05. The summed E-state index contributed by atoms with van der Waals surface area (Å²) in [6.07, 6.45) is 0.118. The summed E-state index contributed by atoms with van der Waals surface area (Å²) in [6, 6.07) is 5.30. The largest absolute Gasteiger partial charge is 0.389 e. The van der Waals surface area contributed by atoms with Gasteiger partial charge in [-0.15, -0.1) is 0 Å². The molecule has 70 valence electrons. The van der Waals surface area contributed by atoms with Crippen LogP contribution in [-0.4, -0.2) is 18.4 Å². The van der Waals surface area contributed by atoms with Gasteiger partial charge in [0.15, 0.2) is 6.29 Å². The minimum Gasteiger partial charge on any atom is -0.389 e. The van der Waals surface area contributed by atoms with Crippen LogP contribution in [0.3, 0.4) is 0 Å². The Morgan fingerprint density at radius 3 is 2.69 bits per heavy atom. The summed E-state index contributed by atoms with van der Waals surface area (Å²) in [4.78, 5) is 10.7. The van der Waals surface area contributed by atoms with Gasteiger partial charge in [0.1, 0.15) is 0 Å². The third-order valence-electron chi connectivity index (χ3n) is 1.95. The Morgan fingerprint density at radius 2 is 2.23 bits per heavy atom. The molecule has 0 aliphatic heterocycles. The van der Waals surface area contributed by atoms with Crippen molar-refractivity contribution in [2.45, 2.75) is 13.0 Å². The lowest BCUT2D eigenvalue weighted by molar-refractivity contribution is 0.111. The maximum Gasteiger partial charge on any atom is 0.150 e. The first-order valence-corrected chi connectivity index (χ1v) is 4.14. The van der Waals surface area contributed by atoms with Crippen molar-refractivity contribution >= 4 is 12.0 Å². The van der Waals surface area contributed by atoms with E-state index in [9.17, 15) is 9.90 Å². The molecule has 0 spiro atoms. The Bertz CT molecular complexity index is 308. The van der Waals surface area contributed by atoms with Gasteiger partial charge in [0.25, 0.3) is 0 Å². The van der Waals surface area contributed by atoms with Crippen molar-refractivity contribution in [3.05, 3.63) is 29.3 Å². The highest BCUT2D eigenvalue weighted by atomic mass is 16.3. The topological polar surface area (TPSA) is 49.3 Å². The zero-order chi connectivity index (χ0) is 9.84. The molecule has 1 unspecified atom stereocenters. The Kier molecular flexibility index (Phi) is 3.03. The van der Waals surface area contributed by atoms with E-state index < -0.39 is 6.10 Å². The molecule has 0 heterocycles. The Morgan fingerprint density at radius 1 is 1.54 bits per heavy atom. The first-order chi connectivity index (χ1) is 6.20. The molecule has 0 amide bonds. The Labute approximate surface area is 77.4 Å². The number of rotatable bonds is 3. The molecule has 3 nitrogen and oxygen atoms in total. The highest BCUT2D eigenvalue weighted by molar-refractivity contribution is 5.81. The van der Waals surface area contributed by atoms with E-state index in [0.717, 1.165) is 12.0 Å². The van der Waals surface area contributed by atoms with Gasteiger partial charge < -0.3 is 10.4 Å². The molecule has 0 fully saturated rings. The van der Waals surface area contributed by atoms with Crippen LogP contribution < -0.4 is 5.32 Å². The van der Waals surface area contributed by atoms with Gasteiger partial charge in [0.2, 0.25) is 0 Å². The highest BCUT2D eigenvalue weighted by Gasteiger charge is 2.11. The maximum absolute atomic E-state index is 10.7. The number of aldehydes is 1. The van der Waals surface area contributed by atoms with Gasteiger partial charge >= 0.3 is 0 Å². The number of aliphatic hydroxyl groups is 1. The molecule has 0 aliphatic carbocycles. The fraction of sp³-hybridized carbons (Fsp3) is 0.300. The lowest BCUT2D eigenvalue weighted by Crippen LogP contribution is -2.03. The van der Waals surface area contributed by atoms with Crippen LogP contribution >= 0.6 is 0 Å². The molecule has 0 bridgehead atoms.